The lowest BCUT2D eigenvalue weighted by atomic mass is 9.75. The third-order valence-corrected chi connectivity index (χ3v) is 4.91. The highest BCUT2D eigenvalue weighted by Crippen LogP contribution is 2.40. The summed E-state index contributed by atoms with van der Waals surface area (Å²) in [6, 6.07) is 11.3. The fourth-order valence-electron chi connectivity index (χ4n) is 3.10. The minimum atomic E-state index is -1.03. The maximum atomic E-state index is 6.65. The van der Waals surface area contributed by atoms with Crippen molar-refractivity contribution in [2.75, 3.05) is 28.4 Å². The summed E-state index contributed by atoms with van der Waals surface area (Å²) < 4.78 is 21.7. The molecule has 2 aromatic carbocycles. The zero-order valence-electron chi connectivity index (χ0n) is 16.9. The summed E-state index contributed by atoms with van der Waals surface area (Å²) in [5.74, 6) is 2.34. The minimum Gasteiger partial charge on any atom is -0.497 e. The first-order valence-corrected chi connectivity index (χ1v) is 8.80. The Kier molecular flexibility index (Phi) is 6.57. The summed E-state index contributed by atoms with van der Waals surface area (Å²) in [5.41, 5.74) is 14.0. The highest BCUT2D eigenvalue weighted by Gasteiger charge is 2.37. The SMILES string of the molecule is COc1cc(OC)cc(C(c2cc(OC)cc(OC)c2)C(N)(N)C(C)C)c1. The predicted octanol–water partition coefficient (Wildman–Crippen LogP) is 3.12. The van der Waals surface area contributed by atoms with Crippen LogP contribution >= 0.6 is 0 Å². The van der Waals surface area contributed by atoms with Crippen molar-refractivity contribution in [1.29, 1.82) is 0 Å². The van der Waals surface area contributed by atoms with Gasteiger partial charge in [0, 0.05) is 18.1 Å². The lowest BCUT2D eigenvalue weighted by molar-refractivity contribution is 0.282. The van der Waals surface area contributed by atoms with Crippen LogP contribution in [0.2, 0.25) is 0 Å². The van der Waals surface area contributed by atoms with E-state index in [1.54, 1.807) is 28.4 Å². The number of hydrogen-bond donors (Lipinski definition) is 2. The van der Waals surface area contributed by atoms with Crippen molar-refractivity contribution >= 4 is 0 Å². The van der Waals surface area contributed by atoms with Crippen LogP contribution in [-0.4, -0.2) is 34.1 Å². The molecule has 0 aromatic heterocycles. The van der Waals surface area contributed by atoms with E-state index in [2.05, 4.69) is 0 Å². The normalized spacial score (nSPS) is 11.6. The highest BCUT2D eigenvalue weighted by atomic mass is 16.5. The van der Waals surface area contributed by atoms with Gasteiger partial charge >= 0.3 is 0 Å². The molecule has 4 N–H and O–H groups in total. The monoisotopic (exact) mass is 374 g/mol. The van der Waals surface area contributed by atoms with E-state index in [0.717, 1.165) is 11.1 Å². The molecule has 0 amide bonds. The smallest absolute Gasteiger partial charge is 0.122 e. The van der Waals surface area contributed by atoms with Gasteiger partial charge in [0.1, 0.15) is 23.0 Å². The first-order valence-electron chi connectivity index (χ1n) is 8.80. The molecular weight excluding hydrogens is 344 g/mol. The van der Waals surface area contributed by atoms with E-state index < -0.39 is 5.66 Å². The molecule has 2 rings (SSSR count). The molecule has 0 spiro atoms. The van der Waals surface area contributed by atoms with Gasteiger partial charge in [-0.05, 0) is 41.3 Å². The van der Waals surface area contributed by atoms with Crippen molar-refractivity contribution in [3.8, 4) is 23.0 Å². The molecule has 0 radical (unpaired) electrons. The highest BCUT2D eigenvalue weighted by molar-refractivity contribution is 5.49. The van der Waals surface area contributed by atoms with Crippen LogP contribution in [0.1, 0.15) is 30.9 Å². The molecule has 0 aliphatic carbocycles. The maximum absolute atomic E-state index is 6.65. The summed E-state index contributed by atoms with van der Waals surface area (Å²) in [6.45, 7) is 4.00. The second-order valence-electron chi connectivity index (χ2n) is 6.88. The molecule has 6 nitrogen and oxygen atoms in total. The van der Waals surface area contributed by atoms with E-state index in [1.807, 2.05) is 50.2 Å². The van der Waals surface area contributed by atoms with Crippen LogP contribution in [0, 0.1) is 5.92 Å². The Balaban J connectivity index is 2.74. The Morgan fingerprint density at radius 2 is 0.926 bits per heavy atom. The first kappa shape index (κ1) is 20.9. The molecule has 0 fully saturated rings. The molecule has 0 aliphatic heterocycles. The van der Waals surface area contributed by atoms with Crippen LogP contribution < -0.4 is 30.4 Å². The number of rotatable bonds is 8. The summed E-state index contributed by atoms with van der Waals surface area (Å²) in [5, 5.41) is 0. The van der Waals surface area contributed by atoms with E-state index in [-0.39, 0.29) is 11.8 Å². The minimum absolute atomic E-state index is 0.00288. The Bertz CT molecular complexity index is 675. The van der Waals surface area contributed by atoms with Gasteiger partial charge in [-0.1, -0.05) is 13.8 Å². The molecule has 0 saturated carbocycles. The van der Waals surface area contributed by atoms with Crippen molar-refractivity contribution in [2.24, 2.45) is 17.4 Å². The fourth-order valence-corrected chi connectivity index (χ4v) is 3.10. The van der Waals surface area contributed by atoms with Gasteiger partial charge in [-0.3, -0.25) is 0 Å². The van der Waals surface area contributed by atoms with Crippen molar-refractivity contribution in [1.82, 2.24) is 0 Å². The van der Waals surface area contributed by atoms with E-state index in [4.69, 9.17) is 30.4 Å². The van der Waals surface area contributed by atoms with Gasteiger partial charge in [-0.2, -0.15) is 0 Å². The third kappa shape index (κ3) is 4.46. The van der Waals surface area contributed by atoms with Crippen molar-refractivity contribution in [3.63, 3.8) is 0 Å². The van der Waals surface area contributed by atoms with Gasteiger partial charge in [-0.25, -0.2) is 0 Å². The summed E-state index contributed by atoms with van der Waals surface area (Å²) >= 11 is 0. The van der Waals surface area contributed by atoms with Crippen LogP contribution in [0.15, 0.2) is 36.4 Å². The molecule has 0 atom stereocenters. The standard InChI is InChI=1S/C21H30N2O4/c1-13(2)21(22,23)20(14-7-16(24-3)11-17(8-14)25-4)15-9-18(26-5)12-19(10-15)27-6/h7-13,20H,22-23H2,1-6H3. The zero-order chi connectivity index (χ0) is 20.2. The first-order chi connectivity index (χ1) is 12.8. The van der Waals surface area contributed by atoms with Crippen LogP contribution in [0.4, 0.5) is 0 Å². The lowest BCUT2D eigenvalue weighted by Gasteiger charge is -2.38. The number of ether oxygens (including phenoxy) is 4. The molecule has 0 heterocycles. The quantitative estimate of drug-likeness (QED) is 0.690. The van der Waals surface area contributed by atoms with Gasteiger partial charge in [0.2, 0.25) is 0 Å². The van der Waals surface area contributed by atoms with Gasteiger partial charge < -0.3 is 30.4 Å². The average Bonchev–Trinajstić information content (AvgIpc) is 2.66. The number of benzene rings is 2. The van der Waals surface area contributed by atoms with Crippen molar-refractivity contribution in [3.05, 3.63) is 47.5 Å². The second kappa shape index (κ2) is 8.50. The number of hydrogen-bond acceptors (Lipinski definition) is 6. The zero-order valence-corrected chi connectivity index (χ0v) is 16.9. The molecule has 27 heavy (non-hydrogen) atoms. The Morgan fingerprint density at radius 3 is 1.15 bits per heavy atom. The maximum Gasteiger partial charge on any atom is 0.122 e. The van der Waals surface area contributed by atoms with Crippen LogP contribution in [0.3, 0.4) is 0 Å². The fraction of sp³-hybridized carbons (Fsp3) is 0.429. The molecular formula is C21H30N2O4. The molecule has 0 saturated heterocycles. The molecule has 2 aromatic rings. The molecule has 0 unspecified atom stereocenters. The Labute approximate surface area is 161 Å². The van der Waals surface area contributed by atoms with Crippen LogP contribution in [0.25, 0.3) is 0 Å². The third-order valence-electron chi connectivity index (χ3n) is 4.91. The predicted molar refractivity (Wildman–Crippen MR) is 107 cm³/mol. The van der Waals surface area contributed by atoms with Crippen LogP contribution in [0.5, 0.6) is 23.0 Å². The molecule has 0 aliphatic rings. The summed E-state index contributed by atoms with van der Waals surface area (Å²) in [4.78, 5) is 0. The van der Waals surface area contributed by atoms with Crippen molar-refractivity contribution in [2.45, 2.75) is 25.4 Å². The largest absolute Gasteiger partial charge is 0.497 e. The van der Waals surface area contributed by atoms with Gasteiger partial charge in [0.25, 0.3) is 0 Å². The molecule has 148 valence electrons. The molecule has 6 heteroatoms. The number of methoxy groups -OCH3 is 4. The van der Waals surface area contributed by atoms with Crippen molar-refractivity contribution < 1.29 is 18.9 Å². The Hall–Kier alpha value is -2.44. The van der Waals surface area contributed by atoms with Gasteiger partial charge in [-0.15, -0.1) is 0 Å². The summed E-state index contributed by atoms with van der Waals surface area (Å²) in [7, 11) is 6.46. The van der Waals surface area contributed by atoms with E-state index in [0.29, 0.717) is 23.0 Å². The topological polar surface area (TPSA) is 89.0 Å². The van der Waals surface area contributed by atoms with E-state index >= 15 is 0 Å². The van der Waals surface area contributed by atoms with Gasteiger partial charge in [0.15, 0.2) is 0 Å². The summed E-state index contributed by atoms with van der Waals surface area (Å²) in [6.07, 6.45) is 0. The second-order valence-corrected chi connectivity index (χ2v) is 6.88. The molecule has 0 bridgehead atoms. The number of nitrogens with two attached hydrogens (primary N) is 2. The van der Waals surface area contributed by atoms with Gasteiger partial charge in [0.05, 0.1) is 34.1 Å². The lowest BCUT2D eigenvalue weighted by Crippen LogP contribution is -2.58. The van der Waals surface area contributed by atoms with Crippen LogP contribution in [-0.2, 0) is 0 Å². The van der Waals surface area contributed by atoms with E-state index in [1.165, 1.54) is 0 Å². The van der Waals surface area contributed by atoms with E-state index in [9.17, 15) is 0 Å². The Morgan fingerprint density at radius 1 is 0.630 bits per heavy atom. The average molecular weight is 374 g/mol.